The third-order valence-electron chi connectivity index (χ3n) is 3.41. The molecule has 21 heavy (non-hydrogen) atoms. The van der Waals surface area contributed by atoms with Crippen LogP contribution >= 0.6 is 0 Å². The molecule has 1 aliphatic heterocycles. The van der Waals surface area contributed by atoms with Crippen molar-refractivity contribution < 1.29 is 41.2 Å². The predicted molar refractivity (Wildman–Crippen MR) is 63.5 cm³/mol. The first-order valence-corrected chi connectivity index (χ1v) is 8.91. The van der Waals surface area contributed by atoms with Crippen molar-refractivity contribution in [2.75, 3.05) is 20.1 Å². The molecule has 7 nitrogen and oxygen atoms in total. The molecule has 1 saturated heterocycles. The summed E-state index contributed by atoms with van der Waals surface area (Å²) in [6.07, 6.45) is 2.00. The largest absolute Gasteiger partial charge is 0.327 e. The van der Waals surface area contributed by atoms with Crippen molar-refractivity contribution >= 4 is 10.0 Å². The smallest absolute Gasteiger partial charge is 0.222 e. The van der Waals surface area contributed by atoms with Gasteiger partial charge in [0.25, 0.3) is 0 Å². The standard InChI is InChI=1S/C12H18NO2S.ClHO4/c1-11-5-7-12(8-6-11)16(14,15)13(2)9-3-4-10-13;2-1(3,4)5/h5-8H,3-4,9-10H2,1-2H3;(H,2,3,4,5)/q+1;/p-1. The number of sulfonamides is 1. The van der Waals surface area contributed by atoms with Crippen molar-refractivity contribution in [2.45, 2.75) is 24.7 Å². The molecule has 0 aliphatic carbocycles. The molecule has 1 fully saturated rings. The average molecular weight is 340 g/mol. The SMILES string of the molecule is Cc1ccc(S(=O)(=O)[N+]2(C)CCCC2)cc1.[O-][Cl+3]([O-])([O-])[O-]. The van der Waals surface area contributed by atoms with Gasteiger partial charge >= 0.3 is 10.0 Å². The summed E-state index contributed by atoms with van der Waals surface area (Å²) in [5.41, 5.74) is 1.09. The third kappa shape index (κ3) is 5.19. The Labute approximate surface area is 126 Å². The predicted octanol–water partition coefficient (Wildman–Crippen LogP) is -2.83. The second-order valence-corrected chi connectivity index (χ2v) is 8.18. The topological polar surface area (TPSA) is 126 Å². The van der Waals surface area contributed by atoms with E-state index in [1.807, 2.05) is 26.1 Å². The lowest BCUT2D eigenvalue weighted by Crippen LogP contribution is -2.68. The zero-order chi connectivity index (χ0) is 16.3. The van der Waals surface area contributed by atoms with Crippen LogP contribution in [0.3, 0.4) is 0 Å². The highest BCUT2D eigenvalue weighted by Gasteiger charge is 2.41. The van der Waals surface area contributed by atoms with Gasteiger partial charge in [0.2, 0.25) is 0 Å². The van der Waals surface area contributed by atoms with Gasteiger partial charge in [0.15, 0.2) is 0 Å². The molecule has 2 rings (SSSR count). The van der Waals surface area contributed by atoms with E-state index in [-0.39, 0.29) is 3.89 Å². The minimum absolute atomic E-state index is 0.163. The van der Waals surface area contributed by atoms with Crippen LogP contribution in [-0.4, -0.2) is 32.4 Å². The van der Waals surface area contributed by atoms with Gasteiger partial charge in [-0.3, -0.25) is 0 Å². The highest BCUT2D eigenvalue weighted by Crippen LogP contribution is 2.27. The fourth-order valence-corrected chi connectivity index (χ4v) is 3.94. The van der Waals surface area contributed by atoms with Gasteiger partial charge in [0.1, 0.15) is 4.90 Å². The molecule has 1 aromatic rings. The van der Waals surface area contributed by atoms with E-state index in [1.54, 1.807) is 12.1 Å². The van der Waals surface area contributed by atoms with E-state index in [4.69, 9.17) is 18.6 Å². The number of halogens is 1. The van der Waals surface area contributed by atoms with E-state index in [0.717, 1.165) is 31.5 Å². The second kappa shape index (κ2) is 6.57. The maximum atomic E-state index is 12.4. The minimum atomic E-state index is -4.94. The number of quaternary nitrogens is 1. The Bertz CT molecular complexity index is 554. The molecular formula is C12H18ClNO6S. The van der Waals surface area contributed by atoms with Crippen molar-refractivity contribution in [2.24, 2.45) is 0 Å². The lowest BCUT2D eigenvalue weighted by molar-refractivity contribution is -2.00. The number of nitrogens with zero attached hydrogens (tertiary/aromatic N) is 1. The summed E-state index contributed by atoms with van der Waals surface area (Å²) < 4.78 is 59.0. The zero-order valence-corrected chi connectivity index (χ0v) is 13.4. The number of hydrogen-bond donors (Lipinski definition) is 0. The van der Waals surface area contributed by atoms with E-state index in [1.165, 1.54) is 0 Å². The third-order valence-corrected chi connectivity index (χ3v) is 5.80. The highest BCUT2D eigenvalue weighted by atomic mass is 35.7. The van der Waals surface area contributed by atoms with Gasteiger partial charge in [-0.2, -0.15) is 8.42 Å². The molecule has 1 aromatic carbocycles. The van der Waals surface area contributed by atoms with Crippen molar-refractivity contribution in [3.8, 4) is 0 Å². The summed E-state index contributed by atoms with van der Waals surface area (Å²) in [7, 11) is -6.34. The van der Waals surface area contributed by atoms with Gasteiger partial charge in [-0.15, -0.1) is 10.2 Å². The maximum absolute atomic E-state index is 12.4. The fraction of sp³-hybridized carbons (Fsp3) is 0.500. The molecule has 0 atom stereocenters. The molecule has 0 N–H and O–H groups in total. The zero-order valence-electron chi connectivity index (χ0n) is 11.8. The summed E-state index contributed by atoms with van der Waals surface area (Å²) >= 11 is 0. The lowest BCUT2D eigenvalue weighted by Gasteiger charge is -2.27. The molecule has 1 aliphatic rings. The van der Waals surface area contributed by atoms with Gasteiger partial charge < -0.3 is 0 Å². The Kier molecular flexibility index (Phi) is 5.73. The van der Waals surface area contributed by atoms with E-state index < -0.39 is 20.3 Å². The van der Waals surface area contributed by atoms with Crippen LogP contribution in [0.2, 0.25) is 0 Å². The molecule has 0 bridgehead atoms. The van der Waals surface area contributed by atoms with Crippen LogP contribution in [0.15, 0.2) is 29.2 Å². The molecule has 0 unspecified atom stereocenters. The van der Waals surface area contributed by atoms with Crippen molar-refractivity contribution in [3.05, 3.63) is 29.8 Å². The first-order valence-electron chi connectivity index (χ1n) is 6.24. The van der Waals surface area contributed by atoms with Gasteiger partial charge in [-0.1, -0.05) is 17.7 Å². The van der Waals surface area contributed by atoms with E-state index in [2.05, 4.69) is 0 Å². The Morgan fingerprint density at radius 2 is 1.38 bits per heavy atom. The van der Waals surface area contributed by atoms with Crippen LogP contribution < -0.4 is 18.6 Å². The Morgan fingerprint density at radius 3 is 1.76 bits per heavy atom. The summed E-state index contributed by atoms with van der Waals surface area (Å²) in [4.78, 5) is 0.447. The van der Waals surface area contributed by atoms with Crippen LogP contribution in [0.5, 0.6) is 0 Å². The molecule has 0 spiro atoms. The maximum Gasteiger partial charge on any atom is 0.327 e. The van der Waals surface area contributed by atoms with Crippen molar-refractivity contribution in [1.29, 1.82) is 0 Å². The number of hydrogen-bond acceptors (Lipinski definition) is 6. The normalized spacial score (nSPS) is 18.0. The van der Waals surface area contributed by atoms with E-state index in [0.29, 0.717) is 4.90 Å². The molecule has 0 saturated carbocycles. The second-order valence-electron chi connectivity index (χ2n) is 5.12. The summed E-state index contributed by atoms with van der Waals surface area (Å²) in [5, 5.41) is 0. The first-order chi connectivity index (χ1) is 9.46. The van der Waals surface area contributed by atoms with Crippen molar-refractivity contribution in [1.82, 2.24) is 0 Å². The highest BCUT2D eigenvalue weighted by molar-refractivity contribution is 7.86. The quantitative estimate of drug-likeness (QED) is 0.534. The molecular weight excluding hydrogens is 322 g/mol. The Balaban J connectivity index is 0.000000383. The molecule has 0 amide bonds. The first kappa shape index (κ1) is 18.3. The van der Waals surface area contributed by atoms with E-state index in [9.17, 15) is 8.42 Å². The number of aryl methyl sites for hydroxylation is 1. The average Bonchev–Trinajstić information content (AvgIpc) is 2.76. The minimum Gasteiger partial charge on any atom is -0.222 e. The lowest BCUT2D eigenvalue weighted by atomic mass is 10.2. The van der Waals surface area contributed by atoms with Gasteiger partial charge in [-0.25, -0.2) is 22.5 Å². The summed E-state index contributed by atoms with van der Waals surface area (Å²) in [5.74, 6) is 0. The molecule has 0 radical (unpaired) electrons. The number of likely N-dealkylation sites (tertiary alicyclic amines) is 1. The summed E-state index contributed by atoms with van der Waals surface area (Å²) in [6, 6.07) is 7.14. The molecule has 9 heteroatoms. The van der Waals surface area contributed by atoms with Crippen LogP contribution in [0.25, 0.3) is 0 Å². The Morgan fingerprint density at radius 1 is 1.00 bits per heavy atom. The van der Waals surface area contributed by atoms with Crippen molar-refractivity contribution in [3.63, 3.8) is 0 Å². The van der Waals surface area contributed by atoms with Gasteiger partial charge in [-0.05, 0) is 19.1 Å². The molecule has 0 aromatic heterocycles. The Hall–Kier alpha value is -0.740. The van der Waals surface area contributed by atoms with Gasteiger partial charge in [0.05, 0.1) is 20.1 Å². The molecule has 1 heterocycles. The van der Waals surface area contributed by atoms with Crippen LogP contribution in [0.4, 0.5) is 0 Å². The fourth-order valence-electron chi connectivity index (χ4n) is 2.21. The summed E-state index contributed by atoms with van der Waals surface area (Å²) in [6.45, 7) is 3.43. The van der Waals surface area contributed by atoms with Crippen LogP contribution in [0.1, 0.15) is 18.4 Å². The monoisotopic (exact) mass is 339 g/mol. The molecule has 120 valence electrons. The number of benzene rings is 1. The van der Waals surface area contributed by atoms with Crippen LogP contribution in [0, 0.1) is 17.2 Å². The van der Waals surface area contributed by atoms with E-state index >= 15 is 0 Å². The van der Waals surface area contributed by atoms with Gasteiger partial charge in [0, 0.05) is 12.8 Å². The van der Waals surface area contributed by atoms with Crippen LogP contribution in [-0.2, 0) is 10.0 Å². The number of rotatable bonds is 2.